The smallest absolute Gasteiger partial charge is 0.193 e. The van der Waals surface area contributed by atoms with Gasteiger partial charge in [-0.2, -0.15) is 0 Å². The number of aliphatic imine (C=N–C) groups is 1. The first kappa shape index (κ1) is 20.2. The SMILES string of the molecule is CN=C(NCCc1csc(N2CCCC2)n1)N1CCN(Cc2cc(C)on2)CC1. The molecule has 0 radical (unpaired) electrons. The number of nitrogens with one attached hydrogen (secondary N) is 1. The Balaban J connectivity index is 1.20. The highest BCUT2D eigenvalue weighted by Crippen LogP contribution is 2.24. The summed E-state index contributed by atoms with van der Waals surface area (Å²) < 4.78 is 5.17. The molecule has 0 bridgehead atoms. The molecule has 0 spiro atoms. The minimum atomic E-state index is 0.848. The maximum absolute atomic E-state index is 5.17. The molecular weight excluding hydrogens is 386 g/mol. The van der Waals surface area contributed by atoms with Gasteiger partial charge in [0.15, 0.2) is 11.1 Å². The van der Waals surface area contributed by atoms with Crippen LogP contribution in [0.25, 0.3) is 0 Å². The largest absolute Gasteiger partial charge is 0.361 e. The fraction of sp³-hybridized carbons (Fsp3) is 0.650. The monoisotopic (exact) mass is 417 g/mol. The molecule has 158 valence electrons. The van der Waals surface area contributed by atoms with Gasteiger partial charge in [-0.3, -0.25) is 9.89 Å². The predicted octanol–water partition coefficient (Wildman–Crippen LogP) is 1.98. The summed E-state index contributed by atoms with van der Waals surface area (Å²) in [4.78, 5) is 16.4. The average molecular weight is 418 g/mol. The molecule has 2 fully saturated rings. The number of guanidine groups is 1. The molecule has 29 heavy (non-hydrogen) atoms. The van der Waals surface area contributed by atoms with Crippen molar-refractivity contribution in [2.75, 3.05) is 57.8 Å². The van der Waals surface area contributed by atoms with Gasteiger partial charge in [0, 0.05) is 77.3 Å². The number of piperazine rings is 1. The van der Waals surface area contributed by atoms with E-state index in [9.17, 15) is 0 Å². The Hall–Kier alpha value is -2.13. The van der Waals surface area contributed by atoms with Crippen LogP contribution in [-0.2, 0) is 13.0 Å². The van der Waals surface area contributed by atoms with Crippen LogP contribution in [0.1, 0.15) is 30.0 Å². The Kier molecular flexibility index (Phi) is 6.66. The van der Waals surface area contributed by atoms with Gasteiger partial charge < -0.3 is 19.6 Å². The Morgan fingerprint density at radius 2 is 1.97 bits per heavy atom. The van der Waals surface area contributed by atoms with E-state index in [4.69, 9.17) is 9.51 Å². The molecule has 2 aromatic heterocycles. The predicted molar refractivity (Wildman–Crippen MR) is 117 cm³/mol. The van der Waals surface area contributed by atoms with Crippen LogP contribution >= 0.6 is 11.3 Å². The van der Waals surface area contributed by atoms with Crippen LogP contribution in [0, 0.1) is 6.92 Å². The second-order valence-electron chi connectivity index (χ2n) is 7.73. The van der Waals surface area contributed by atoms with Crippen LogP contribution in [0.3, 0.4) is 0 Å². The van der Waals surface area contributed by atoms with Gasteiger partial charge in [-0.05, 0) is 19.8 Å². The first-order valence-electron chi connectivity index (χ1n) is 10.5. The Bertz CT molecular complexity index is 803. The molecule has 2 aromatic rings. The van der Waals surface area contributed by atoms with E-state index in [0.717, 1.165) is 76.2 Å². The van der Waals surface area contributed by atoms with Crippen molar-refractivity contribution in [2.24, 2.45) is 4.99 Å². The molecule has 0 aliphatic carbocycles. The number of anilines is 1. The van der Waals surface area contributed by atoms with Gasteiger partial charge in [0.2, 0.25) is 0 Å². The lowest BCUT2D eigenvalue weighted by Crippen LogP contribution is -2.52. The van der Waals surface area contributed by atoms with Crippen LogP contribution in [-0.4, -0.2) is 78.8 Å². The Labute approximate surface area is 176 Å². The van der Waals surface area contributed by atoms with Crippen LogP contribution < -0.4 is 10.2 Å². The molecule has 0 amide bonds. The third-order valence-electron chi connectivity index (χ3n) is 5.53. The van der Waals surface area contributed by atoms with Crippen molar-refractivity contribution in [3.63, 3.8) is 0 Å². The number of nitrogens with zero attached hydrogens (tertiary/aromatic N) is 6. The van der Waals surface area contributed by atoms with Gasteiger partial charge in [-0.1, -0.05) is 5.16 Å². The first-order valence-corrected chi connectivity index (χ1v) is 11.4. The summed E-state index contributed by atoms with van der Waals surface area (Å²) in [6.07, 6.45) is 3.51. The van der Waals surface area contributed by atoms with Crippen molar-refractivity contribution >= 4 is 22.4 Å². The minimum absolute atomic E-state index is 0.848. The molecule has 8 nitrogen and oxygen atoms in total. The second-order valence-corrected chi connectivity index (χ2v) is 8.57. The number of aryl methyl sites for hydroxylation is 1. The zero-order valence-corrected chi connectivity index (χ0v) is 18.2. The molecule has 2 saturated heterocycles. The zero-order chi connectivity index (χ0) is 20.1. The van der Waals surface area contributed by atoms with Crippen LogP contribution in [0.15, 0.2) is 21.0 Å². The summed E-state index contributed by atoms with van der Waals surface area (Å²) >= 11 is 1.77. The van der Waals surface area contributed by atoms with Crippen molar-refractivity contribution in [3.8, 4) is 0 Å². The summed E-state index contributed by atoms with van der Waals surface area (Å²) in [7, 11) is 1.86. The van der Waals surface area contributed by atoms with E-state index in [1.54, 1.807) is 11.3 Å². The molecule has 1 N–H and O–H groups in total. The number of hydrogen-bond donors (Lipinski definition) is 1. The van der Waals surface area contributed by atoms with Crippen molar-refractivity contribution in [2.45, 2.75) is 32.7 Å². The molecule has 4 rings (SSSR count). The summed E-state index contributed by atoms with van der Waals surface area (Å²) in [5.41, 5.74) is 2.18. The zero-order valence-electron chi connectivity index (χ0n) is 17.4. The van der Waals surface area contributed by atoms with E-state index in [2.05, 4.69) is 35.5 Å². The molecule has 0 atom stereocenters. The molecule has 0 aromatic carbocycles. The first-order chi connectivity index (χ1) is 14.2. The molecule has 0 saturated carbocycles. The lowest BCUT2D eigenvalue weighted by atomic mass is 10.3. The molecule has 4 heterocycles. The van der Waals surface area contributed by atoms with Crippen molar-refractivity contribution in [3.05, 3.63) is 28.6 Å². The van der Waals surface area contributed by atoms with Gasteiger partial charge in [-0.15, -0.1) is 11.3 Å². The van der Waals surface area contributed by atoms with E-state index in [0.29, 0.717) is 0 Å². The topological polar surface area (TPSA) is 73.0 Å². The van der Waals surface area contributed by atoms with Gasteiger partial charge in [0.25, 0.3) is 0 Å². The normalized spacial score (nSPS) is 18.6. The maximum Gasteiger partial charge on any atom is 0.193 e. The van der Waals surface area contributed by atoms with Crippen LogP contribution in [0.2, 0.25) is 0 Å². The van der Waals surface area contributed by atoms with E-state index in [-0.39, 0.29) is 0 Å². The fourth-order valence-electron chi connectivity index (χ4n) is 3.94. The van der Waals surface area contributed by atoms with E-state index < -0.39 is 0 Å². The minimum Gasteiger partial charge on any atom is -0.361 e. The van der Waals surface area contributed by atoms with Gasteiger partial charge in [0.1, 0.15) is 5.76 Å². The van der Waals surface area contributed by atoms with E-state index in [1.807, 2.05) is 20.0 Å². The van der Waals surface area contributed by atoms with E-state index >= 15 is 0 Å². The summed E-state index contributed by atoms with van der Waals surface area (Å²) in [5.74, 6) is 1.85. The Morgan fingerprint density at radius 3 is 2.66 bits per heavy atom. The highest BCUT2D eigenvalue weighted by atomic mass is 32.1. The number of rotatable bonds is 6. The Morgan fingerprint density at radius 1 is 1.17 bits per heavy atom. The molecule has 0 unspecified atom stereocenters. The third kappa shape index (κ3) is 5.27. The lowest BCUT2D eigenvalue weighted by molar-refractivity contribution is 0.169. The molecular formula is C20H31N7OS. The maximum atomic E-state index is 5.17. The van der Waals surface area contributed by atoms with Gasteiger partial charge in [0.05, 0.1) is 11.4 Å². The van der Waals surface area contributed by atoms with Crippen molar-refractivity contribution < 1.29 is 4.52 Å². The number of thiazole rings is 1. The van der Waals surface area contributed by atoms with Crippen LogP contribution in [0.4, 0.5) is 5.13 Å². The second kappa shape index (κ2) is 9.58. The highest BCUT2D eigenvalue weighted by Gasteiger charge is 2.20. The lowest BCUT2D eigenvalue weighted by Gasteiger charge is -2.36. The summed E-state index contributed by atoms with van der Waals surface area (Å²) in [6.45, 7) is 9.87. The number of aromatic nitrogens is 2. The number of hydrogen-bond acceptors (Lipinski definition) is 7. The molecule has 9 heteroatoms. The highest BCUT2D eigenvalue weighted by molar-refractivity contribution is 7.13. The summed E-state index contributed by atoms with van der Waals surface area (Å²) in [6, 6.07) is 2.01. The molecule has 2 aliphatic heterocycles. The standard InChI is InChI=1S/C20H31N7OS/c1-16-13-18(24-28-16)14-25-9-11-26(12-10-25)19(21-2)22-6-5-17-15-29-20(23-17)27-7-3-4-8-27/h13,15H,3-12,14H2,1-2H3,(H,21,22). The van der Waals surface area contributed by atoms with Gasteiger partial charge >= 0.3 is 0 Å². The third-order valence-corrected chi connectivity index (χ3v) is 6.48. The fourth-order valence-corrected chi connectivity index (χ4v) is 4.85. The van der Waals surface area contributed by atoms with Crippen LogP contribution in [0.5, 0.6) is 0 Å². The summed E-state index contributed by atoms with van der Waals surface area (Å²) in [5, 5.41) is 11.0. The van der Waals surface area contributed by atoms with E-state index in [1.165, 1.54) is 23.7 Å². The molecule has 2 aliphatic rings. The van der Waals surface area contributed by atoms with Crippen molar-refractivity contribution in [1.29, 1.82) is 0 Å². The average Bonchev–Trinajstić information content (AvgIpc) is 3.48. The quantitative estimate of drug-likeness (QED) is 0.569. The van der Waals surface area contributed by atoms with Gasteiger partial charge in [-0.25, -0.2) is 4.98 Å². The van der Waals surface area contributed by atoms with Crippen molar-refractivity contribution in [1.82, 2.24) is 25.3 Å².